The van der Waals surface area contributed by atoms with Crippen molar-refractivity contribution < 1.29 is 27.7 Å². The topological polar surface area (TPSA) is 71.1 Å². The average molecular weight is 316 g/mol. The molecule has 1 heterocycles. The van der Waals surface area contributed by atoms with Gasteiger partial charge in [0.1, 0.15) is 6.10 Å². The monoisotopic (exact) mass is 316 g/mol. The highest BCUT2D eigenvalue weighted by Gasteiger charge is 2.41. The van der Waals surface area contributed by atoms with Gasteiger partial charge in [-0.25, -0.2) is 4.57 Å². The van der Waals surface area contributed by atoms with E-state index in [1.54, 1.807) is 6.92 Å². The predicted molar refractivity (Wildman–Crippen MR) is 78.6 cm³/mol. The van der Waals surface area contributed by atoms with Crippen molar-refractivity contribution in [2.45, 2.75) is 31.7 Å². The van der Waals surface area contributed by atoms with Crippen molar-refractivity contribution in [1.29, 1.82) is 0 Å². The Bertz CT molecular complexity index is 440. The first-order chi connectivity index (χ1) is 9.88. The zero-order chi connectivity index (χ0) is 16.0. The number of rotatable bonds is 7. The van der Waals surface area contributed by atoms with E-state index in [2.05, 4.69) is 24.5 Å². The maximum absolute atomic E-state index is 12.6. The number of carbonyl (C=O) groups is 1. The minimum atomic E-state index is -3.86. The third kappa shape index (κ3) is 4.64. The number of methoxy groups -OCH3 is 1. The molecule has 4 atom stereocenters. The molecular formula is C14H21O6P. The first-order valence-electron chi connectivity index (χ1n) is 6.49. The van der Waals surface area contributed by atoms with Gasteiger partial charge in [-0.1, -0.05) is 18.2 Å². The third-order valence-electron chi connectivity index (χ3n) is 3.07. The standard InChI is InChI=1S/C14H21O6P/c1-6-11-9-12(7-2)19-21(16,18-11)20-13(8-3)10(4)14(15)17-5/h6-8,10-13H,1-3,9H2,4-5H3/t10-,11-,12-,13+/m1/s1. The minimum Gasteiger partial charge on any atom is -0.469 e. The Hall–Kier alpha value is -1.20. The van der Waals surface area contributed by atoms with Crippen LogP contribution in [0.4, 0.5) is 0 Å². The second-order valence-corrected chi connectivity index (χ2v) is 6.09. The number of carbonyl (C=O) groups excluding carboxylic acids is 1. The summed E-state index contributed by atoms with van der Waals surface area (Å²) in [7, 11) is -2.60. The summed E-state index contributed by atoms with van der Waals surface area (Å²) in [6.45, 7) is 12.4. The van der Waals surface area contributed by atoms with Gasteiger partial charge in [0, 0.05) is 6.42 Å². The van der Waals surface area contributed by atoms with Crippen molar-refractivity contribution in [3.63, 3.8) is 0 Å². The fourth-order valence-electron chi connectivity index (χ4n) is 1.81. The number of ether oxygens (including phenoxy) is 1. The highest BCUT2D eigenvalue weighted by atomic mass is 31.2. The fraction of sp³-hybridized carbons (Fsp3) is 0.500. The fourth-order valence-corrected chi connectivity index (χ4v) is 3.53. The number of hydrogen-bond donors (Lipinski definition) is 0. The van der Waals surface area contributed by atoms with E-state index in [0.717, 1.165) is 0 Å². The number of hydrogen-bond acceptors (Lipinski definition) is 6. The van der Waals surface area contributed by atoms with Gasteiger partial charge in [0.25, 0.3) is 0 Å². The van der Waals surface area contributed by atoms with Gasteiger partial charge in [0.15, 0.2) is 0 Å². The van der Waals surface area contributed by atoms with Crippen molar-refractivity contribution >= 4 is 13.8 Å². The van der Waals surface area contributed by atoms with Crippen LogP contribution in [-0.4, -0.2) is 31.4 Å². The second-order valence-electron chi connectivity index (χ2n) is 4.56. The molecule has 118 valence electrons. The van der Waals surface area contributed by atoms with E-state index in [-0.39, 0.29) is 0 Å². The summed E-state index contributed by atoms with van der Waals surface area (Å²) >= 11 is 0. The van der Waals surface area contributed by atoms with Gasteiger partial charge < -0.3 is 4.74 Å². The average Bonchev–Trinajstić information content (AvgIpc) is 2.50. The van der Waals surface area contributed by atoms with Crippen LogP contribution in [0.2, 0.25) is 0 Å². The van der Waals surface area contributed by atoms with Crippen LogP contribution in [0.5, 0.6) is 0 Å². The lowest BCUT2D eigenvalue weighted by atomic mass is 10.1. The van der Waals surface area contributed by atoms with Crippen LogP contribution in [-0.2, 0) is 27.7 Å². The maximum Gasteiger partial charge on any atom is 0.476 e. The smallest absolute Gasteiger partial charge is 0.469 e. The Kier molecular flexibility index (Phi) is 6.55. The van der Waals surface area contributed by atoms with E-state index >= 15 is 0 Å². The summed E-state index contributed by atoms with van der Waals surface area (Å²) in [4.78, 5) is 11.5. The Balaban J connectivity index is 2.88. The summed E-state index contributed by atoms with van der Waals surface area (Å²) in [5.74, 6) is -1.21. The van der Waals surface area contributed by atoms with Crippen molar-refractivity contribution in [2.24, 2.45) is 5.92 Å². The van der Waals surface area contributed by atoms with Gasteiger partial charge in [-0.15, -0.1) is 19.7 Å². The second kappa shape index (κ2) is 7.71. The Morgan fingerprint density at radius 2 is 1.81 bits per heavy atom. The molecule has 0 aromatic carbocycles. The molecule has 0 N–H and O–H groups in total. The van der Waals surface area contributed by atoms with E-state index in [1.807, 2.05) is 0 Å². The summed E-state index contributed by atoms with van der Waals surface area (Å²) < 4.78 is 33.2. The first kappa shape index (κ1) is 17.9. The van der Waals surface area contributed by atoms with E-state index < -0.39 is 38.0 Å². The molecule has 0 aliphatic carbocycles. The van der Waals surface area contributed by atoms with Crippen molar-refractivity contribution in [3.05, 3.63) is 38.0 Å². The summed E-state index contributed by atoms with van der Waals surface area (Å²) in [6, 6.07) is 0. The molecule has 6 nitrogen and oxygen atoms in total. The molecule has 7 heteroatoms. The number of phosphoric acid groups is 1. The molecule has 0 bridgehead atoms. The SMILES string of the molecule is C=C[C@@H]1C[C@@H](C=C)OP(=O)(O[C@@H](C=C)[C@@H](C)C(=O)OC)O1. The summed E-state index contributed by atoms with van der Waals surface area (Å²) in [5, 5.41) is 0. The maximum atomic E-state index is 12.6. The molecule has 1 saturated heterocycles. The molecule has 1 rings (SSSR count). The van der Waals surface area contributed by atoms with Crippen molar-refractivity contribution in [1.82, 2.24) is 0 Å². The molecule has 0 amide bonds. The molecular weight excluding hydrogens is 295 g/mol. The minimum absolute atomic E-state index is 0.450. The zero-order valence-electron chi connectivity index (χ0n) is 12.3. The Morgan fingerprint density at radius 1 is 1.29 bits per heavy atom. The highest BCUT2D eigenvalue weighted by molar-refractivity contribution is 7.48. The van der Waals surface area contributed by atoms with Crippen LogP contribution in [0.25, 0.3) is 0 Å². The quantitative estimate of drug-likeness (QED) is 0.408. The zero-order valence-corrected chi connectivity index (χ0v) is 13.2. The molecule has 0 unspecified atom stereocenters. The first-order valence-corrected chi connectivity index (χ1v) is 7.96. The molecule has 1 fully saturated rings. The third-order valence-corrected chi connectivity index (χ3v) is 4.63. The lowest BCUT2D eigenvalue weighted by molar-refractivity contribution is -0.147. The van der Waals surface area contributed by atoms with E-state index in [4.69, 9.17) is 13.6 Å². The van der Waals surface area contributed by atoms with E-state index in [9.17, 15) is 9.36 Å². The Labute approximate surface area is 125 Å². The van der Waals surface area contributed by atoms with Crippen LogP contribution in [0.3, 0.4) is 0 Å². The van der Waals surface area contributed by atoms with Gasteiger partial charge in [0.2, 0.25) is 0 Å². The van der Waals surface area contributed by atoms with Gasteiger partial charge in [0.05, 0.1) is 25.2 Å². The van der Waals surface area contributed by atoms with Gasteiger partial charge in [-0.05, 0) is 6.92 Å². The number of phosphoric ester groups is 1. The largest absolute Gasteiger partial charge is 0.476 e. The summed E-state index contributed by atoms with van der Waals surface area (Å²) in [5.41, 5.74) is 0. The lowest BCUT2D eigenvalue weighted by Gasteiger charge is -2.33. The molecule has 1 aliphatic heterocycles. The Morgan fingerprint density at radius 3 is 2.19 bits per heavy atom. The molecule has 0 aromatic heterocycles. The normalized spacial score (nSPS) is 31.7. The van der Waals surface area contributed by atoms with Crippen molar-refractivity contribution in [3.8, 4) is 0 Å². The van der Waals surface area contributed by atoms with Crippen LogP contribution in [0.1, 0.15) is 13.3 Å². The van der Waals surface area contributed by atoms with Crippen LogP contribution >= 0.6 is 7.82 Å². The molecule has 1 aliphatic rings. The molecule has 0 radical (unpaired) electrons. The molecule has 0 saturated carbocycles. The molecule has 21 heavy (non-hydrogen) atoms. The van der Waals surface area contributed by atoms with Gasteiger partial charge in [-0.3, -0.25) is 18.4 Å². The molecule has 0 spiro atoms. The van der Waals surface area contributed by atoms with Gasteiger partial charge in [-0.2, -0.15) is 0 Å². The van der Waals surface area contributed by atoms with E-state index in [0.29, 0.717) is 6.42 Å². The van der Waals surface area contributed by atoms with Crippen molar-refractivity contribution in [2.75, 3.05) is 7.11 Å². The lowest BCUT2D eigenvalue weighted by Crippen LogP contribution is -2.31. The predicted octanol–water partition coefficient (Wildman–Crippen LogP) is 3.02. The van der Waals surface area contributed by atoms with Gasteiger partial charge >= 0.3 is 13.8 Å². The van der Waals surface area contributed by atoms with Crippen LogP contribution in [0.15, 0.2) is 38.0 Å². The highest BCUT2D eigenvalue weighted by Crippen LogP contribution is 2.57. The van der Waals surface area contributed by atoms with Crippen LogP contribution in [0, 0.1) is 5.92 Å². The molecule has 0 aromatic rings. The van der Waals surface area contributed by atoms with E-state index in [1.165, 1.54) is 25.3 Å². The number of esters is 1. The van der Waals surface area contributed by atoms with Crippen LogP contribution < -0.4 is 0 Å². The summed E-state index contributed by atoms with van der Waals surface area (Å²) in [6.07, 6.45) is 3.01.